The number of anilines is 1. The molecule has 1 aromatic heterocycles. The molecule has 2 aromatic carbocycles. The molecule has 0 unspecified atom stereocenters. The molecule has 1 aliphatic heterocycles. The van der Waals surface area contributed by atoms with Crippen LogP contribution in [-0.4, -0.2) is 34.0 Å². The fourth-order valence-corrected chi connectivity index (χ4v) is 4.30. The van der Waals surface area contributed by atoms with Crippen molar-refractivity contribution in [3.63, 3.8) is 0 Å². The third kappa shape index (κ3) is 5.15. The molecule has 0 saturated carbocycles. The van der Waals surface area contributed by atoms with E-state index in [2.05, 4.69) is 42.4 Å². The van der Waals surface area contributed by atoms with Crippen LogP contribution in [-0.2, 0) is 11.3 Å². The molecule has 30 heavy (non-hydrogen) atoms. The van der Waals surface area contributed by atoms with Crippen molar-refractivity contribution in [1.29, 1.82) is 0 Å². The zero-order valence-corrected chi connectivity index (χ0v) is 18.8. The van der Waals surface area contributed by atoms with Crippen LogP contribution in [0.4, 0.5) is 5.69 Å². The Morgan fingerprint density at radius 2 is 1.90 bits per heavy atom. The summed E-state index contributed by atoms with van der Waals surface area (Å²) in [6.45, 7) is 6.35. The molecule has 0 aliphatic carbocycles. The first kappa shape index (κ1) is 20.8. The Morgan fingerprint density at radius 3 is 2.60 bits per heavy atom. The van der Waals surface area contributed by atoms with E-state index >= 15 is 0 Å². The van der Waals surface area contributed by atoms with Crippen molar-refractivity contribution >= 4 is 27.5 Å². The van der Waals surface area contributed by atoms with Gasteiger partial charge in [-0.1, -0.05) is 39.3 Å². The Labute approximate surface area is 184 Å². The quantitative estimate of drug-likeness (QED) is 0.572. The van der Waals surface area contributed by atoms with Crippen LogP contribution in [0.25, 0.3) is 11.4 Å². The first-order valence-electron chi connectivity index (χ1n) is 10.2. The molecule has 1 saturated heterocycles. The SMILES string of the molecule is Cc1cc(C)cc(NC(=O)C2CCN(Cc3nc(-c4cccc(Br)c4)no3)CC2)c1. The fourth-order valence-electron chi connectivity index (χ4n) is 3.90. The fraction of sp³-hybridized carbons (Fsp3) is 0.348. The van der Waals surface area contributed by atoms with E-state index in [1.165, 1.54) is 0 Å². The second kappa shape index (κ2) is 9.10. The number of nitrogens with one attached hydrogen (secondary N) is 1. The number of aryl methyl sites for hydroxylation is 2. The Morgan fingerprint density at radius 1 is 1.17 bits per heavy atom. The number of piperidine rings is 1. The van der Waals surface area contributed by atoms with Gasteiger partial charge in [0.2, 0.25) is 17.6 Å². The molecule has 0 bridgehead atoms. The average molecular weight is 469 g/mol. The summed E-state index contributed by atoms with van der Waals surface area (Å²) in [6.07, 6.45) is 1.65. The van der Waals surface area contributed by atoms with E-state index in [0.29, 0.717) is 18.3 Å². The van der Waals surface area contributed by atoms with E-state index in [4.69, 9.17) is 4.52 Å². The number of likely N-dealkylation sites (tertiary alicyclic amines) is 1. The van der Waals surface area contributed by atoms with Crippen LogP contribution in [0, 0.1) is 19.8 Å². The van der Waals surface area contributed by atoms with E-state index in [9.17, 15) is 4.79 Å². The lowest BCUT2D eigenvalue weighted by atomic mass is 9.95. The maximum Gasteiger partial charge on any atom is 0.241 e. The number of amides is 1. The number of carbonyl (C=O) groups is 1. The van der Waals surface area contributed by atoms with Gasteiger partial charge in [-0.15, -0.1) is 0 Å². The van der Waals surface area contributed by atoms with Crippen molar-refractivity contribution in [2.24, 2.45) is 5.92 Å². The lowest BCUT2D eigenvalue weighted by Crippen LogP contribution is -2.37. The first-order chi connectivity index (χ1) is 14.5. The molecule has 4 rings (SSSR count). The maximum absolute atomic E-state index is 12.7. The monoisotopic (exact) mass is 468 g/mol. The van der Waals surface area contributed by atoms with Gasteiger partial charge in [0.05, 0.1) is 6.54 Å². The number of halogens is 1. The minimum absolute atomic E-state index is 0.0296. The lowest BCUT2D eigenvalue weighted by molar-refractivity contribution is -0.121. The van der Waals surface area contributed by atoms with Crippen LogP contribution < -0.4 is 5.32 Å². The van der Waals surface area contributed by atoms with E-state index in [1.807, 2.05) is 50.2 Å². The van der Waals surface area contributed by atoms with Gasteiger partial charge >= 0.3 is 0 Å². The lowest BCUT2D eigenvalue weighted by Gasteiger charge is -2.30. The maximum atomic E-state index is 12.7. The predicted octanol–water partition coefficient (Wildman–Crippen LogP) is 4.97. The second-order valence-corrected chi connectivity index (χ2v) is 8.85. The van der Waals surface area contributed by atoms with E-state index in [0.717, 1.165) is 52.8 Å². The van der Waals surface area contributed by atoms with Crippen molar-refractivity contribution in [3.8, 4) is 11.4 Å². The van der Waals surface area contributed by atoms with Crippen molar-refractivity contribution in [2.45, 2.75) is 33.2 Å². The molecule has 1 amide bonds. The third-order valence-corrected chi connectivity index (χ3v) is 5.85. The average Bonchev–Trinajstić information content (AvgIpc) is 3.16. The van der Waals surface area contributed by atoms with Gasteiger partial charge < -0.3 is 9.84 Å². The summed E-state index contributed by atoms with van der Waals surface area (Å²) in [4.78, 5) is 19.5. The summed E-state index contributed by atoms with van der Waals surface area (Å²) in [5, 5.41) is 7.18. The molecule has 6 nitrogen and oxygen atoms in total. The van der Waals surface area contributed by atoms with Gasteiger partial charge in [0, 0.05) is 21.6 Å². The molecule has 156 valence electrons. The molecule has 2 heterocycles. The van der Waals surface area contributed by atoms with Gasteiger partial charge in [0.25, 0.3) is 0 Å². The van der Waals surface area contributed by atoms with Gasteiger partial charge in [-0.25, -0.2) is 0 Å². The summed E-state index contributed by atoms with van der Waals surface area (Å²) in [6, 6.07) is 14.0. The van der Waals surface area contributed by atoms with Gasteiger partial charge in [-0.2, -0.15) is 4.98 Å². The highest BCUT2D eigenvalue weighted by Gasteiger charge is 2.26. The zero-order valence-electron chi connectivity index (χ0n) is 17.2. The van der Waals surface area contributed by atoms with Gasteiger partial charge in [-0.3, -0.25) is 9.69 Å². The largest absolute Gasteiger partial charge is 0.338 e. The number of rotatable bonds is 5. The third-order valence-electron chi connectivity index (χ3n) is 5.36. The molecule has 3 aromatic rings. The molecule has 0 radical (unpaired) electrons. The van der Waals surface area contributed by atoms with Crippen LogP contribution in [0.15, 0.2) is 51.5 Å². The Kier molecular flexibility index (Phi) is 6.29. The number of carbonyl (C=O) groups excluding carboxylic acids is 1. The first-order valence-corrected chi connectivity index (χ1v) is 11.0. The minimum Gasteiger partial charge on any atom is -0.338 e. The Bertz CT molecular complexity index is 1020. The summed E-state index contributed by atoms with van der Waals surface area (Å²) in [5.74, 6) is 1.33. The number of hydrogen-bond acceptors (Lipinski definition) is 5. The number of aromatic nitrogens is 2. The number of benzene rings is 2. The molecule has 1 fully saturated rings. The van der Waals surface area contributed by atoms with Gasteiger partial charge in [0.1, 0.15) is 0 Å². The highest BCUT2D eigenvalue weighted by atomic mass is 79.9. The van der Waals surface area contributed by atoms with E-state index in [-0.39, 0.29) is 11.8 Å². The predicted molar refractivity (Wildman–Crippen MR) is 120 cm³/mol. The number of hydrogen-bond donors (Lipinski definition) is 1. The summed E-state index contributed by atoms with van der Waals surface area (Å²) >= 11 is 3.46. The highest BCUT2D eigenvalue weighted by Crippen LogP contribution is 2.23. The van der Waals surface area contributed by atoms with Crippen molar-refractivity contribution in [2.75, 3.05) is 18.4 Å². The normalized spacial score (nSPS) is 15.3. The van der Waals surface area contributed by atoms with Crippen LogP contribution >= 0.6 is 15.9 Å². The van der Waals surface area contributed by atoms with E-state index in [1.54, 1.807) is 0 Å². The summed E-state index contributed by atoms with van der Waals surface area (Å²) in [7, 11) is 0. The smallest absolute Gasteiger partial charge is 0.241 e. The topological polar surface area (TPSA) is 71.3 Å². The molecular formula is C23H25BrN4O2. The van der Waals surface area contributed by atoms with Crippen LogP contribution in [0.3, 0.4) is 0 Å². The van der Waals surface area contributed by atoms with E-state index < -0.39 is 0 Å². The Balaban J connectivity index is 1.30. The molecular weight excluding hydrogens is 444 g/mol. The summed E-state index contributed by atoms with van der Waals surface area (Å²) in [5.41, 5.74) is 4.11. The number of nitrogens with zero attached hydrogens (tertiary/aromatic N) is 3. The minimum atomic E-state index is 0.0296. The molecule has 7 heteroatoms. The van der Waals surface area contributed by atoms with Crippen LogP contribution in [0.2, 0.25) is 0 Å². The van der Waals surface area contributed by atoms with Gasteiger partial charge in [-0.05, 0) is 75.2 Å². The zero-order chi connectivity index (χ0) is 21.1. The summed E-state index contributed by atoms with van der Waals surface area (Å²) < 4.78 is 6.42. The second-order valence-electron chi connectivity index (χ2n) is 7.94. The highest BCUT2D eigenvalue weighted by molar-refractivity contribution is 9.10. The van der Waals surface area contributed by atoms with Crippen molar-refractivity contribution < 1.29 is 9.32 Å². The van der Waals surface area contributed by atoms with Crippen LogP contribution in [0.5, 0.6) is 0 Å². The van der Waals surface area contributed by atoms with Crippen molar-refractivity contribution in [3.05, 3.63) is 64.0 Å². The Hall–Kier alpha value is -2.51. The molecule has 0 atom stereocenters. The van der Waals surface area contributed by atoms with Crippen LogP contribution in [0.1, 0.15) is 29.9 Å². The molecule has 1 N–H and O–H groups in total. The van der Waals surface area contributed by atoms with Crippen molar-refractivity contribution in [1.82, 2.24) is 15.0 Å². The standard InChI is InChI=1S/C23H25BrN4O2/c1-15-10-16(2)12-20(11-15)25-23(29)17-6-8-28(9-7-17)14-21-26-22(27-30-21)18-4-3-5-19(24)13-18/h3-5,10-13,17H,6-9,14H2,1-2H3,(H,25,29). The molecule has 1 aliphatic rings. The van der Waals surface area contributed by atoms with Gasteiger partial charge in [0.15, 0.2) is 0 Å². The molecule has 0 spiro atoms.